The number of halogens is 2. The van der Waals surface area contributed by atoms with E-state index in [0.717, 1.165) is 16.7 Å². The topological polar surface area (TPSA) is 65.1 Å². The number of nitrogens with zero attached hydrogens (tertiary/aromatic N) is 1. The first kappa shape index (κ1) is 18.6. The number of imide groups is 1. The Morgan fingerprint density at radius 2 is 1.89 bits per heavy atom. The quantitative estimate of drug-likeness (QED) is 0.670. The molecule has 1 fully saturated rings. The Balaban J connectivity index is 1.43. The summed E-state index contributed by atoms with van der Waals surface area (Å²) in [6.45, 7) is 0.287. The van der Waals surface area contributed by atoms with E-state index in [1.54, 1.807) is 18.2 Å². The fourth-order valence-corrected chi connectivity index (χ4v) is 3.73. The van der Waals surface area contributed by atoms with Gasteiger partial charge >= 0.3 is 0 Å². The molecule has 0 saturated carbocycles. The molecule has 2 aromatic rings. The number of hydrogen-bond acceptors (Lipinski definition) is 6. The van der Waals surface area contributed by atoms with Crippen molar-refractivity contribution in [2.75, 3.05) is 19.9 Å². The summed E-state index contributed by atoms with van der Waals surface area (Å²) in [7, 11) is 0. The van der Waals surface area contributed by atoms with Gasteiger partial charge in [-0.15, -0.1) is 0 Å². The molecule has 0 radical (unpaired) electrons. The molecule has 0 aliphatic carbocycles. The maximum Gasteiger partial charge on any atom is 0.293 e. The molecule has 6 nitrogen and oxygen atoms in total. The number of hydrogen-bond donors (Lipinski definition) is 0. The molecule has 144 valence electrons. The SMILES string of the molecule is O=C1S/C(=C\c2cc3c(cc2Cl)OCO3)C(=O)N1CCOc1ccc(F)cc1. The second-order valence-corrected chi connectivity index (χ2v) is 7.26. The molecule has 2 amide bonds. The van der Waals surface area contributed by atoms with E-state index < -0.39 is 11.1 Å². The van der Waals surface area contributed by atoms with E-state index in [1.807, 2.05) is 0 Å². The number of fused-ring (bicyclic) bond motifs is 1. The van der Waals surface area contributed by atoms with Gasteiger partial charge in [0.25, 0.3) is 11.1 Å². The molecule has 0 aromatic heterocycles. The lowest BCUT2D eigenvalue weighted by Crippen LogP contribution is -2.32. The summed E-state index contributed by atoms with van der Waals surface area (Å²) < 4.78 is 28.9. The lowest BCUT2D eigenvalue weighted by Gasteiger charge is -2.13. The second-order valence-electron chi connectivity index (χ2n) is 5.86. The molecule has 2 aliphatic heterocycles. The van der Waals surface area contributed by atoms with Crippen molar-refractivity contribution < 1.29 is 28.2 Å². The van der Waals surface area contributed by atoms with Gasteiger partial charge in [-0.2, -0.15) is 0 Å². The number of amides is 2. The molecule has 0 unspecified atom stereocenters. The van der Waals surface area contributed by atoms with Crippen LogP contribution in [0.1, 0.15) is 5.56 Å². The molecule has 0 N–H and O–H groups in total. The van der Waals surface area contributed by atoms with Crippen LogP contribution >= 0.6 is 23.4 Å². The smallest absolute Gasteiger partial charge is 0.293 e. The van der Waals surface area contributed by atoms with Crippen LogP contribution < -0.4 is 14.2 Å². The monoisotopic (exact) mass is 421 g/mol. The first-order chi connectivity index (χ1) is 13.5. The normalized spacial score (nSPS) is 16.9. The van der Waals surface area contributed by atoms with Gasteiger partial charge in [-0.05, 0) is 53.7 Å². The highest BCUT2D eigenvalue weighted by atomic mass is 35.5. The third-order valence-corrected chi connectivity index (χ3v) is 5.28. The lowest BCUT2D eigenvalue weighted by molar-refractivity contribution is -0.123. The summed E-state index contributed by atoms with van der Waals surface area (Å²) in [5.74, 6) is 0.726. The molecule has 9 heteroatoms. The number of carbonyl (C=O) groups is 2. The van der Waals surface area contributed by atoms with Gasteiger partial charge in [0.15, 0.2) is 11.5 Å². The van der Waals surface area contributed by atoms with Crippen molar-refractivity contribution in [2.24, 2.45) is 0 Å². The third-order valence-electron chi connectivity index (χ3n) is 4.05. The molecule has 0 spiro atoms. The second kappa shape index (κ2) is 7.73. The number of thioether (sulfide) groups is 1. The van der Waals surface area contributed by atoms with Gasteiger partial charge in [0.1, 0.15) is 18.2 Å². The first-order valence-electron chi connectivity index (χ1n) is 8.24. The maximum atomic E-state index is 12.9. The minimum absolute atomic E-state index is 0.0776. The fraction of sp³-hybridized carbons (Fsp3) is 0.158. The third kappa shape index (κ3) is 3.79. The zero-order valence-corrected chi connectivity index (χ0v) is 15.9. The zero-order valence-electron chi connectivity index (χ0n) is 14.3. The zero-order chi connectivity index (χ0) is 19.7. The number of carbonyl (C=O) groups excluding carboxylic acids is 2. The van der Waals surface area contributed by atoms with E-state index in [1.165, 1.54) is 24.3 Å². The Labute approximate surface area is 168 Å². The maximum absolute atomic E-state index is 12.9. The van der Waals surface area contributed by atoms with E-state index in [9.17, 15) is 14.0 Å². The van der Waals surface area contributed by atoms with E-state index >= 15 is 0 Å². The van der Waals surface area contributed by atoms with Crippen molar-refractivity contribution in [3.05, 3.63) is 57.7 Å². The highest BCUT2D eigenvalue weighted by Crippen LogP contribution is 2.39. The first-order valence-corrected chi connectivity index (χ1v) is 9.43. The summed E-state index contributed by atoms with van der Waals surface area (Å²) in [4.78, 5) is 26.1. The van der Waals surface area contributed by atoms with Crippen molar-refractivity contribution >= 4 is 40.6 Å². The lowest BCUT2D eigenvalue weighted by atomic mass is 10.2. The van der Waals surface area contributed by atoms with Crippen LogP contribution in [-0.2, 0) is 4.79 Å². The average Bonchev–Trinajstić information content (AvgIpc) is 3.22. The van der Waals surface area contributed by atoms with Crippen LogP contribution in [0.2, 0.25) is 5.02 Å². The minimum atomic E-state index is -0.425. The molecule has 2 aromatic carbocycles. The van der Waals surface area contributed by atoms with E-state index in [2.05, 4.69) is 0 Å². The van der Waals surface area contributed by atoms with Crippen molar-refractivity contribution in [1.82, 2.24) is 4.90 Å². The predicted octanol–water partition coefficient (Wildman–Crippen LogP) is 4.32. The van der Waals surface area contributed by atoms with Gasteiger partial charge in [-0.25, -0.2) is 4.39 Å². The van der Waals surface area contributed by atoms with Crippen LogP contribution in [0.15, 0.2) is 41.3 Å². The number of rotatable bonds is 5. The van der Waals surface area contributed by atoms with Gasteiger partial charge in [-0.3, -0.25) is 14.5 Å². The predicted molar refractivity (Wildman–Crippen MR) is 102 cm³/mol. The fourth-order valence-electron chi connectivity index (χ4n) is 2.66. The van der Waals surface area contributed by atoms with Gasteiger partial charge in [0.05, 0.1) is 16.5 Å². The van der Waals surface area contributed by atoms with E-state index in [-0.39, 0.29) is 30.7 Å². The summed E-state index contributed by atoms with van der Waals surface area (Å²) >= 11 is 7.05. The highest BCUT2D eigenvalue weighted by Gasteiger charge is 2.35. The van der Waals surface area contributed by atoms with Crippen LogP contribution in [-0.4, -0.2) is 36.0 Å². The molecular formula is C19H13ClFNO5S. The molecule has 4 rings (SSSR count). The van der Waals surface area contributed by atoms with Crippen molar-refractivity contribution in [2.45, 2.75) is 0 Å². The van der Waals surface area contributed by atoms with Crippen LogP contribution in [0.25, 0.3) is 6.08 Å². The molecule has 0 atom stereocenters. The Hall–Kier alpha value is -2.71. The standard InChI is InChI=1S/C19H13ClFNO5S/c20-14-9-16-15(26-10-27-16)7-11(14)8-17-18(23)22(19(24)28-17)5-6-25-13-3-1-12(21)2-4-13/h1-4,7-9H,5-6,10H2/b17-8-. The van der Waals surface area contributed by atoms with E-state index in [4.69, 9.17) is 25.8 Å². The van der Waals surface area contributed by atoms with Gasteiger partial charge in [0.2, 0.25) is 6.79 Å². The molecule has 28 heavy (non-hydrogen) atoms. The number of ether oxygens (including phenoxy) is 3. The summed E-state index contributed by atoms with van der Waals surface area (Å²) in [5, 5.41) is -0.00786. The van der Waals surface area contributed by atoms with Crippen LogP contribution in [0.5, 0.6) is 17.2 Å². The van der Waals surface area contributed by atoms with Crippen molar-refractivity contribution in [3.63, 3.8) is 0 Å². The average molecular weight is 422 g/mol. The molecule has 1 saturated heterocycles. The van der Waals surface area contributed by atoms with Crippen molar-refractivity contribution in [1.29, 1.82) is 0 Å². The van der Waals surface area contributed by atoms with Gasteiger partial charge in [0, 0.05) is 6.07 Å². The van der Waals surface area contributed by atoms with E-state index in [0.29, 0.717) is 27.8 Å². The Bertz CT molecular complexity index is 979. The minimum Gasteiger partial charge on any atom is -0.492 e. The molecule has 2 aliphatic rings. The van der Waals surface area contributed by atoms with Gasteiger partial charge in [-0.1, -0.05) is 11.6 Å². The summed E-state index contributed by atoms with van der Waals surface area (Å²) in [5.41, 5.74) is 0.555. The summed E-state index contributed by atoms with van der Waals surface area (Å²) in [6, 6.07) is 8.77. The van der Waals surface area contributed by atoms with Crippen LogP contribution in [0.4, 0.5) is 9.18 Å². The Morgan fingerprint density at radius 1 is 1.18 bits per heavy atom. The highest BCUT2D eigenvalue weighted by molar-refractivity contribution is 8.18. The van der Waals surface area contributed by atoms with Crippen molar-refractivity contribution in [3.8, 4) is 17.2 Å². The Morgan fingerprint density at radius 3 is 2.64 bits per heavy atom. The van der Waals surface area contributed by atoms with Crippen LogP contribution in [0, 0.1) is 5.82 Å². The molecular weight excluding hydrogens is 409 g/mol. The Kier molecular flexibility index (Phi) is 5.15. The largest absolute Gasteiger partial charge is 0.492 e. The number of benzene rings is 2. The van der Waals surface area contributed by atoms with Crippen LogP contribution in [0.3, 0.4) is 0 Å². The molecule has 0 bridgehead atoms. The summed E-state index contributed by atoms with van der Waals surface area (Å²) in [6.07, 6.45) is 1.55. The van der Waals surface area contributed by atoms with Gasteiger partial charge < -0.3 is 14.2 Å². The molecule has 2 heterocycles.